The fourth-order valence-corrected chi connectivity index (χ4v) is 3.13. The van der Waals surface area contributed by atoms with E-state index in [1.807, 2.05) is 0 Å². The molecule has 1 aromatic carbocycles. The first-order valence-corrected chi connectivity index (χ1v) is 8.50. The molecule has 2 aliphatic heterocycles. The molecule has 7 nitrogen and oxygen atoms in total. The number of nitrogens with one attached hydrogen (secondary N) is 2. The fraction of sp³-hybridized carbons (Fsp3) is 0.562. The lowest BCUT2D eigenvalue weighted by atomic mass is 9.95. The number of carbonyl (C=O) groups excluding carboxylic acids is 1. The third-order valence-electron chi connectivity index (χ3n) is 4.34. The lowest BCUT2D eigenvalue weighted by molar-refractivity contribution is 0.0752. The maximum absolute atomic E-state index is 12.6. The first-order valence-electron chi connectivity index (χ1n) is 8.12. The van der Waals surface area contributed by atoms with Gasteiger partial charge in [0.2, 0.25) is 0 Å². The molecule has 5 N–H and O–H groups in total. The molecule has 0 aliphatic carbocycles. The van der Waals surface area contributed by atoms with Crippen LogP contribution in [-0.2, 0) is 0 Å². The molecule has 1 aromatic rings. The van der Waals surface area contributed by atoms with Crippen molar-refractivity contribution in [2.75, 3.05) is 38.6 Å². The molecule has 2 aliphatic rings. The number of β-amino-alcohol motifs (C(OH)–C–C–N with tert-alkyl or cyclic N) is 1. The van der Waals surface area contributed by atoms with Crippen LogP contribution in [0, 0.1) is 5.92 Å². The van der Waals surface area contributed by atoms with Crippen molar-refractivity contribution in [3.63, 3.8) is 0 Å². The molecule has 0 spiro atoms. The van der Waals surface area contributed by atoms with Crippen molar-refractivity contribution in [3.8, 4) is 11.5 Å². The molecule has 0 unspecified atom stereocenters. The zero-order chi connectivity index (χ0) is 17.1. The molecule has 1 saturated heterocycles. The summed E-state index contributed by atoms with van der Waals surface area (Å²) in [5.41, 5.74) is 6.47. The summed E-state index contributed by atoms with van der Waals surface area (Å²) in [4.78, 5) is 12.6. The number of nitrogens with two attached hydrogens (primary N) is 1. The van der Waals surface area contributed by atoms with Gasteiger partial charge in [-0.05, 0) is 19.0 Å². The first-order chi connectivity index (χ1) is 11.6. The monoisotopic (exact) mass is 355 g/mol. The van der Waals surface area contributed by atoms with Crippen molar-refractivity contribution in [3.05, 3.63) is 16.7 Å². The minimum absolute atomic E-state index is 0.0237. The van der Waals surface area contributed by atoms with Gasteiger partial charge in [0.15, 0.2) is 11.5 Å². The van der Waals surface area contributed by atoms with E-state index in [1.165, 1.54) is 6.07 Å². The Morgan fingerprint density at radius 3 is 2.92 bits per heavy atom. The van der Waals surface area contributed by atoms with E-state index in [-0.39, 0.29) is 22.5 Å². The highest BCUT2D eigenvalue weighted by molar-refractivity contribution is 6.35. The molecule has 2 atom stereocenters. The third kappa shape index (κ3) is 3.53. The normalized spacial score (nSPS) is 23.4. The second-order valence-electron chi connectivity index (χ2n) is 6.07. The Morgan fingerprint density at radius 1 is 1.42 bits per heavy atom. The molecule has 0 aromatic heterocycles. The largest absolute Gasteiger partial charge is 0.489 e. The lowest BCUT2D eigenvalue weighted by Crippen LogP contribution is -2.45. The second kappa shape index (κ2) is 7.46. The van der Waals surface area contributed by atoms with Crippen LogP contribution in [0.5, 0.6) is 11.5 Å². The predicted octanol–water partition coefficient (Wildman–Crippen LogP) is 0.784. The van der Waals surface area contributed by atoms with Crippen LogP contribution in [0.2, 0.25) is 5.02 Å². The number of ether oxygens (including phenoxy) is 2. The number of fused-ring (bicyclic) bond motifs is 1. The molecule has 0 saturated carbocycles. The predicted molar refractivity (Wildman–Crippen MR) is 90.8 cm³/mol. The Balaban J connectivity index is 1.78. The van der Waals surface area contributed by atoms with Crippen LogP contribution in [0.25, 0.3) is 0 Å². The van der Waals surface area contributed by atoms with Gasteiger partial charge < -0.3 is 30.9 Å². The molecule has 1 fully saturated rings. The fourth-order valence-electron chi connectivity index (χ4n) is 2.94. The topological polar surface area (TPSA) is 106 Å². The third-order valence-corrected chi connectivity index (χ3v) is 4.73. The summed E-state index contributed by atoms with van der Waals surface area (Å²) in [5.74, 6) is 0.359. The van der Waals surface area contributed by atoms with Gasteiger partial charge in [-0.25, -0.2) is 0 Å². The summed E-state index contributed by atoms with van der Waals surface area (Å²) in [6.45, 7) is 2.66. The average molecular weight is 356 g/mol. The molecule has 8 heteroatoms. The molecule has 0 radical (unpaired) electrons. The van der Waals surface area contributed by atoms with E-state index in [4.69, 9.17) is 26.8 Å². The van der Waals surface area contributed by atoms with Crippen molar-refractivity contribution in [2.45, 2.75) is 18.9 Å². The number of rotatable bonds is 3. The maximum atomic E-state index is 12.6. The van der Waals surface area contributed by atoms with Crippen LogP contribution in [-0.4, -0.2) is 50.0 Å². The number of benzene rings is 1. The Bertz CT molecular complexity index is 626. The maximum Gasteiger partial charge on any atom is 0.255 e. The first kappa shape index (κ1) is 17.1. The van der Waals surface area contributed by atoms with E-state index in [9.17, 15) is 9.90 Å². The van der Waals surface area contributed by atoms with E-state index < -0.39 is 6.10 Å². The van der Waals surface area contributed by atoms with Crippen LogP contribution < -0.4 is 25.8 Å². The average Bonchev–Trinajstić information content (AvgIpc) is 2.83. The second-order valence-corrected chi connectivity index (χ2v) is 6.44. The number of piperidine rings is 1. The van der Waals surface area contributed by atoms with Crippen LogP contribution >= 0.6 is 11.6 Å². The van der Waals surface area contributed by atoms with Crippen molar-refractivity contribution >= 4 is 23.2 Å². The van der Waals surface area contributed by atoms with Gasteiger partial charge in [-0.3, -0.25) is 4.79 Å². The number of halogens is 1. The van der Waals surface area contributed by atoms with Gasteiger partial charge in [0.1, 0.15) is 5.02 Å². The number of aliphatic hydroxyl groups is 1. The van der Waals surface area contributed by atoms with Gasteiger partial charge >= 0.3 is 0 Å². The number of hydrogen-bond acceptors (Lipinski definition) is 6. The Hall–Kier alpha value is -1.70. The van der Waals surface area contributed by atoms with Gasteiger partial charge in [-0.15, -0.1) is 0 Å². The standard InChI is InChI=1S/C16H22ClN3O4/c17-13-11(18)6-10(14-15(13)24-5-1-4-23-14)16(22)20-7-9-2-3-19-8-12(9)21/h6,9,12,19,21H,1-5,7-8,18H2,(H,20,22)/t9-,12+/m0/s1. The van der Waals surface area contributed by atoms with E-state index in [0.29, 0.717) is 49.8 Å². The number of carbonyl (C=O) groups is 1. The highest BCUT2D eigenvalue weighted by atomic mass is 35.5. The van der Waals surface area contributed by atoms with Gasteiger partial charge in [0.05, 0.1) is 30.6 Å². The van der Waals surface area contributed by atoms with Gasteiger partial charge in [0, 0.05) is 25.4 Å². The van der Waals surface area contributed by atoms with Gasteiger partial charge in [0.25, 0.3) is 5.91 Å². The quantitative estimate of drug-likeness (QED) is 0.597. The number of amides is 1. The van der Waals surface area contributed by atoms with E-state index >= 15 is 0 Å². The molecular formula is C16H22ClN3O4. The van der Waals surface area contributed by atoms with Crippen LogP contribution in [0.3, 0.4) is 0 Å². The van der Waals surface area contributed by atoms with Crippen LogP contribution in [0.1, 0.15) is 23.2 Å². The summed E-state index contributed by atoms with van der Waals surface area (Å²) in [6.07, 6.45) is 1.04. The number of hydrogen-bond donors (Lipinski definition) is 4. The zero-order valence-electron chi connectivity index (χ0n) is 13.3. The molecule has 132 valence electrons. The zero-order valence-corrected chi connectivity index (χ0v) is 14.1. The summed E-state index contributed by atoms with van der Waals surface area (Å²) < 4.78 is 11.3. The smallest absolute Gasteiger partial charge is 0.255 e. The van der Waals surface area contributed by atoms with Gasteiger partial charge in [-0.2, -0.15) is 0 Å². The lowest BCUT2D eigenvalue weighted by Gasteiger charge is -2.28. The van der Waals surface area contributed by atoms with E-state index in [1.54, 1.807) is 0 Å². The molecule has 24 heavy (non-hydrogen) atoms. The number of aliphatic hydroxyl groups excluding tert-OH is 1. The van der Waals surface area contributed by atoms with Crippen molar-refractivity contribution in [1.82, 2.24) is 10.6 Å². The van der Waals surface area contributed by atoms with Crippen molar-refractivity contribution in [2.24, 2.45) is 5.92 Å². The van der Waals surface area contributed by atoms with Crippen LogP contribution in [0.4, 0.5) is 5.69 Å². The van der Waals surface area contributed by atoms with Crippen molar-refractivity contribution < 1.29 is 19.4 Å². The summed E-state index contributed by atoms with van der Waals surface area (Å²) in [7, 11) is 0. The summed E-state index contributed by atoms with van der Waals surface area (Å²) in [5, 5.41) is 16.2. The van der Waals surface area contributed by atoms with Crippen molar-refractivity contribution in [1.29, 1.82) is 0 Å². The summed E-state index contributed by atoms with van der Waals surface area (Å²) in [6, 6.07) is 1.50. The highest BCUT2D eigenvalue weighted by Crippen LogP contribution is 2.43. The molecule has 1 amide bonds. The van der Waals surface area contributed by atoms with E-state index in [2.05, 4.69) is 10.6 Å². The SMILES string of the molecule is Nc1cc(C(=O)NC[C@@H]2CCNC[C@H]2O)c2c(c1Cl)OCCCO2. The minimum Gasteiger partial charge on any atom is -0.489 e. The molecule has 2 heterocycles. The Labute approximate surface area is 145 Å². The van der Waals surface area contributed by atoms with Gasteiger partial charge in [-0.1, -0.05) is 11.6 Å². The highest BCUT2D eigenvalue weighted by Gasteiger charge is 2.27. The molecule has 3 rings (SSSR count). The van der Waals surface area contributed by atoms with Crippen LogP contribution in [0.15, 0.2) is 6.07 Å². The van der Waals surface area contributed by atoms with E-state index in [0.717, 1.165) is 13.0 Å². The minimum atomic E-state index is -0.467. The molecular weight excluding hydrogens is 334 g/mol. The Kier molecular flexibility index (Phi) is 5.33. The summed E-state index contributed by atoms with van der Waals surface area (Å²) >= 11 is 6.18. The number of nitrogen functional groups attached to an aromatic ring is 1. The Morgan fingerprint density at radius 2 is 2.17 bits per heavy atom. The molecule has 0 bridgehead atoms. The number of anilines is 1.